The number of rotatable bonds is 4. The van der Waals surface area contributed by atoms with Crippen molar-refractivity contribution in [2.24, 2.45) is 5.92 Å². The van der Waals surface area contributed by atoms with E-state index < -0.39 is 0 Å². The van der Waals surface area contributed by atoms with Crippen LogP contribution in [0.15, 0.2) is 0 Å². The summed E-state index contributed by atoms with van der Waals surface area (Å²) < 4.78 is 0. The van der Waals surface area contributed by atoms with Crippen molar-refractivity contribution in [2.45, 2.75) is 39.5 Å². The molecule has 0 aliphatic heterocycles. The second kappa shape index (κ2) is 9.35. The Hall–Kier alpha value is 1.35. The zero-order valence-electron chi connectivity index (χ0n) is 6.61. The maximum absolute atomic E-state index is 3.99. The summed E-state index contributed by atoms with van der Waals surface area (Å²) in [4.78, 5) is 0. The molecule has 0 aromatic carbocycles. The summed E-state index contributed by atoms with van der Waals surface area (Å²) in [6.07, 6.45) is 5.21. The molecule has 1 atom stereocenters. The van der Waals surface area contributed by atoms with Crippen LogP contribution in [0.3, 0.4) is 0 Å². The van der Waals surface area contributed by atoms with E-state index >= 15 is 0 Å². The minimum Gasteiger partial charge on any atom is -0.340 e. The molecule has 0 bridgehead atoms. The third-order valence-corrected chi connectivity index (χ3v) is 1.54. The van der Waals surface area contributed by atoms with Crippen LogP contribution in [0.5, 0.6) is 0 Å². The maximum atomic E-state index is 3.99. The molecule has 0 radical (unpaired) electrons. The van der Waals surface area contributed by atoms with Crippen LogP contribution in [0.2, 0.25) is 0 Å². The Morgan fingerprint density at radius 3 is 2.22 bits per heavy atom. The van der Waals surface area contributed by atoms with Crippen molar-refractivity contribution in [3.8, 4) is 0 Å². The van der Waals surface area contributed by atoms with Crippen molar-refractivity contribution >= 4 is 0 Å². The first kappa shape index (κ1) is 13.0. The monoisotopic (exact) mass is 255 g/mol. The smallest absolute Gasteiger partial charge is 0 e. The first-order valence-electron chi connectivity index (χ1n) is 3.64. The van der Waals surface area contributed by atoms with Gasteiger partial charge in [0.25, 0.3) is 0 Å². The zero-order valence-corrected chi connectivity index (χ0v) is 9.82. The quantitative estimate of drug-likeness (QED) is 0.679. The third kappa shape index (κ3) is 9.35. The predicted molar refractivity (Wildman–Crippen MR) is 38.7 cm³/mol. The average Bonchev–Trinajstić information content (AvgIpc) is 1.83. The predicted octanol–water partition coefficient (Wildman–Crippen LogP) is 3.04. The van der Waals surface area contributed by atoms with Crippen LogP contribution in [-0.4, -0.2) is 0 Å². The minimum atomic E-state index is 0. The van der Waals surface area contributed by atoms with Gasteiger partial charge in [-0.3, -0.25) is 0 Å². The van der Waals surface area contributed by atoms with Gasteiger partial charge in [0.05, 0.1) is 0 Å². The molecule has 0 N–H and O–H groups in total. The number of hydrogen-bond donors (Lipinski definition) is 0. The molecule has 0 aromatic rings. The van der Waals surface area contributed by atoms with Gasteiger partial charge in [0.2, 0.25) is 0 Å². The molecule has 0 nitrogen and oxygen atoms in total. The molecule has 54 valence electrons. The maximum Gasteiger partial charge on any atom is 0 e. The Labute approximate surface area is 92.3 Å². The third-order valence-electron chi connectivity index (χ3n) is 1.54. The SMILES string of the molecule is [CH2-]C(CC)CCCC.[Nd]. The second-order valence-electron chi connectivity index (χ2n) is 2.42. The molecule has 9 heavy (non-hydrogen) atoms. The molecule has 0 spiro atoms. The van der Waals surface area contributed by atoms with E-state index in [1.54, 1.807) is 0 Å². The first-order chi connectivity index (χ1) is 3.81. The Morgan fingerprint density at radius 2 is 1.89 bits per heavy atom. The molecule has 0 rings (SSSR count). The molecule has 0 heterocycles. The van der Waals surface area contributed by atoms with E-state index in [2.05, 4.69) is 20.8 Å². The molecule has 0 amide bonds. The first-order valence-corrected chi connectivity index (χ1v) is 3.64. The summed E-state index contributed by atoms with van der Waals surface area (Å²) in [6.45, 7) is 8.42. The van der Waals surface area contributed by atoms with Crippen LogP contribution in [0.1, 0.15) is 39.5 Å². The number of hydrogen-bond acceptors (Lipinski definition) is 0. The van der Waals surface area contributed by atoms with Crippen molar-refractivity contribution in [1.29, 1.82) is 0 Å². The molecular weight excluding hydrogens is 240 g/mol. The van der Waals surface area contributed by atoms with Gasteiger partial charge in [-0.15, -0.1) is 0 Å². The molecule has 0 aliphatic carbocycles. The van der Waals surface area contributed by atoms with E-state index in [0.717, 1.165) is 0 Å². The van der Waals surface area contributed by atoms with Gasteiger partial charge >= 0.3 is 0 Å². The van der Waals surface area contributed by atoms with Crippen LogP contribution < -0.4 is 0 Å². The van der Waals surface area contributed by atoms with Crippen LogP contribution in [-0.2, 0) is 0 Å². The molecule has 0 aliphatic rings. The Balaban J connectivity index is 0. The van der Waals surface area contributed by atoms with Crippen molar-refractivity contribution in [3.63, 3.8) is 0 Å². The fourth-order valence-electron chi connectivity index (χ4n) is 0.697. The molecule has 1 heteroatoms. The van der Waals surface area contributed by atoms with Gasteiger partial charge in [-0.25, -0.2) is 0 Å². The molecule has 0 saturated carbocycles. The summed E-state index contributed by atoms with van der Waals surface area (Å²) in [5.41, 5.74) is 0. The van der Waals surface area contributed by atoms with E-state index in [4.69, 9.17) is 0 Å². The summed E-state index contributed by atoms with van der Waals surface area (Å²) >= 11 is 0. The zero-order chi connectivity index (χ0) is 6.41. The summed E-state index contributed by atoms with van der Waals surface area (Å²) in [5.74, 6) is 0.704. The molecule has 0 saturated heterocycles. The summed E-state index contributed by atoms with van der Waals surface area (Å²) in [6, 6.07) is 0. The van der Waals surface area contributed by atoms with Crippen LogP contribution in [0.25, 0.3) is 0 Å². The van der Waals surface area contributed by atoms with Crippen molar-refractivity contribution in [3.05, 3.63) is 6.92 Å². The van der Waals surface area contributed by atoms with Gasteiger partial charge in [-0.1, -0.05) is 39.5 Å². The van der Waals surface area contributed by atoms with Gasteiger partial charge in [-0.2, -0.15) is 5.92 Å². The van der Waals surface area contributed by atoms with E-state index in [1.165, 1.54) is 25.7 Å². The number of unbranched alkanes of at least 4 members (excludes halogenated alkanes) is 1. The largest absolute Gasteiger partial charge is 0.340 e. The van der Waals surface area contributed by atoms with E-state index in [0.29, 0.717) is 5.92 Å². The fourth-order valence-corrected chi connectivity index (χ4v) is 0.697. The van der Waals surface area contributed by atoms with Gasteiger partial charge in [0, 0.05) is 40.8 Å². The van der Waals surface area contributed by atoms with Gasteiger partial charge in [-0.05, 0) is 0 Å². The van der Waals surface area contributed by atoms with E-state index in [1.807, 2.05) is 0 Å². The Bertz CT molecular complexity index is 43.8. The van der Waals surface area contributed by atoms with Gasteiger partial charge < -0.3 is 6.92 Å². The molecule has 0 fully saturated rings. The van der Waals surface area contributed by atoms with Crippen molar-refractivity contribution in [2.75, 3.05) is 0 Å². The van der Waals surface area contributed by atoms with E-state index in [9.17, 15) is 0 Å². The van der Waals surface area contributed by atoms with Crippen molar-refractivity contribution < 1.29 is 40.8 Å². The van der Waals surface area contributed by atoms with Crippen LogP contribution >= 0.6 is 0 Å². The fraction of sp³-hybridized carbons (Fsp3) is 0.875. The van der Waals surface area contributed by atoms with Crippen molar-refractivity contribution in [1.82, 2.24) is 0 Å². The minimum absolute atomic E-state index is 0. The normalized spacial score (nSPS) is 12.3. The molecule has 0 aromatic heterocycles. The molecule has 1 unspecified atom stereocenters. The molecular formula is C8H17Nd-. The van der Waals surface area contributed by atoms with Crippen LogP contribution in [0.4, 0.5) is 0 Å². The Morgan fingerprint density at radius 1 is 1.33 bits per heavy atom. The Kier molecular flexibility index (Phi) is 13.5. The standard InChI is InChI=1S/C8H17.Nd/c1-4-6-7-8(3)5-2;/h8H,3-7H2,1-2H3;/q-1;. The topological polar surface area (TPSA) is 0 Å². The second-order valence-corrected chi connectivity index (χ2v) is 2.42. The van der Waals surface area contributed by atoms with E-state index in [-0.39, 0.29) is 40.8 Å². The average molecular weight is 257 g/mol. The van der Waals surface area contributed by atoms with Gasteiger partial charge in [0.15, 0.2) is 0 Å². The van der Waals surface area contributed by atoms with Gasteiger partial charge in [0.1, 0.15) is 0 Å². The summed E-state index contributed by atoms with van der Waals surface area (Å²) in [5, 5.41) is 0. The summed E-state index contributed by atoms with van der Waals surface area (Å²) in [7, 11) is 0. The van der Waals surface area contributed by atoms with Crippen LogP contribution in [0, 0.1) is 53.7 Å².